The maximum atomic E-state index is 12.1. The van der Waals surface area contributed by atoms with Gasteiger partial charge in [0.05, 0.1) is 10.0 Å². The highest BCUT2D eigenvalue weighted by Gasteiger charge is 2.08. The topological polar surface area (TPSA) is 42.0 Å². The molecule has 1 N–H and O–H groups in total. The molecule has 0 bridgehead atoms. The van der Waals surface area contributed by atoms with Gasteiger partial charge in [-0.1, -0.05) is 49.0 Å². The Kier molecular flexibility index (Phi) is 6.22. The van der Waals surface area contributed by atoms with Gasteiger partial charge >= 0.3 is 0 Å². The third-order valence-corrected chi connectivity index (χ3v) is 4.04. The van der Waals surface area contributed by atoms with Crippen molar-refractivity contribution in [1.82, 2.24) is 4.98 Å². The molecule has 0 saturated heterocycles. The Balaban J connectivity index is 1.98. The number of halogens is 2. The maximum Gasteiger partial charge on any atom is 0.274 e. The molecule has 0 aliphatic rings. The van der Waals surface area contributed by atoms with Crippen LogP contribution in [0.2, 0.25) is 10.0 Å². The zero-order chi connectivity index (χ0) is 15.9. The summed E-state index contributed by atoms with van der Waals surface area (Å²) in [5, 5.41) is 3.61. The number of nitrogens with one attached hydrogen (secondary N) is 1. The zero-order valence-corrected chi connectivity index (χ0v) is 13.9. The first-order chi connectivity index (χ1) is 10.6. The first kappa shape index (κ1) is 16.8. The second-order valence-electron chi connectivity index (χ2n) is 5.09. The van der Waals surface area contributed by atoms with Gasteiger partial charge in [0.25, 0.3) is 5.91 Å². The molecular weight excluding hydrogens is 319 g/mol. The third-order valence-electron chi connectivity index (χ3n) is 3.30. The van der Waals surface area contributed by atoms with Gasteiger partial charge in [0.1, 0.15) is 5.69 Å². The van der Waals surface area contributed by atoms with Gasteiger partial charge in [-0.3, -0.25) is 9.78 Å². The van der Waals surface area contributed by atoms with Gasteiger partial charge in [0.2, 0.25) is 0 Å². The van der Waals surface area contributed by atoms with Gasteiger partial charge in [-0.25, -0.2) is 0 Å². The first-order valence-electron chi connectivity index (χ1n) is 7.31. The molecule has 1 amide bonds. The van der Waals surface area contributed by atoms with Crippen molar-refractivity contribution < 1.29 is 4.79 Å². The summed E-state index contributed by atoms with van der Waals surface area (Å²) in [6, 6.07) is 8.65. The fourth-order valence-electron chi connectivity index (χ4n) is 2.05. The molecule has 0 fully saturated rings. The number of aromatic nitrogens is 1. The van der Waals surface area contributed by atoms with Crippen LogP contribution in [0.3, 0.4) is 0 Å². The highest BCUT2D eigenvalue weighted by molar-refractivity contribution is 6.42. The molecule has 0 radical (unpaired) electrons. The van der Waals surface area contributed by atoms with Crippen molar-refractivity contribution in [1.29, 1.82) is 0 Å². The Morgan fingerprint density at radius 2 is 1.95 bits per heavy atom. The molecule has 0 atom stereocenters. The Morgan fingerprint density at radius 3 is 2.59 bits per heavy atom. The summed E-state index contributed by atoms with van der Waals surface area (Å²) in [5.41, 5.74) is 2.12. The molecule has 22 heavy (non-hydrogen) atoms. The molecule has 0 spiro atoms. The lowest BCUT2D eigenvalue weighted by atomic mass is 10.1. The van der Waals surface area contributed by atoms with Crippen LogP contribution in [-0.2, 0) is 6.42 Å². The van der Waals surface area contributed by atoms with Crippen LogP contribution < -0.4 is 5.32 Å². The lowest BCUT2D eigenvalue weighted by Crippen LogP contribution is -2.13. The highest BCUT2D eigenvalue weighted by Crippen LogP contribution is 2.25. The largest absolute Gasteiger partial charge is 0.321 e. The first-order valence-corrected chi connectivity index (χ1v) is 8.07. The predicted molar refractivity (Wildman–Crippen MR) is 91.9 cm³/mol. The van der Waals surface area contributed by atoms with Crippen molar-refractivity contribution >= 4 is 34.8 Å². The number of nitrogens with zero attached hydrogens (tertiary/aromatic N) is 1. The van der Waals surface area contributed by atoms with Gasteiger partial charge < -0.3 is 5.32 Å². The number of benzene rings is 1. The molecule has 1 aromatic carbocycles. The minimum Gasteiger partial charge on any atom is -0.321 e. The van der Waals surface area contributed by atoms with Crippen LogP contribution in [0.5, 0.6) is 0 Å². The third kappa shape index (κ3) is 4.72. The molecule has 2 rings (SSSR count). The summed E-state index contributed by atoms with van der Waals surface area (Å²) < 4.78 is 0. The van der Waals surface area contributed by atoms with E-state index in [9.17, 15) is 4.79 Å². The minimum absolute atomic E-state index is 0.265. The molecule has 0 aliphatic carbocycles. The monoisotopic (exact) mass is 336 g/mol. The van der Waals surface area contributed by atoms with E-state index in [2.05, 4.69) is 17.2 Å². The fourth-order valence-corrected chi connectivity index (χ4v) is 2.35. The van der Waals surface area contributed by atoms with Crippen LogP contribution in [0.4, 0.5) is 5.69 Å². The molecule has 3 nitrogen and oxygen atoms in total. The van der Waals surface area contributed by atoms with E-state index in [0.717, 1.165) is 18.4 Å². The second kappa shape index (κ2) is 8.16. The number of pyridine rings is 1. The predicted octanol–water partition coefficient (Wildman–Crippen LogP) is 5.37. The average molecular weight is 337 g/mol. The SMILES string of the molecule is CCCCCc1ccc(C(=O)Nc2ccc(Cl)c(Cl)c2)nc1. The van der Waals surface area contributed by atoms with Gasteiger partial charge in [0.15, 0.2) is 0 Å². The van der Waals surface area contributed by atoms with Crippen LogP contribution in [0, 0.1) is 0 Å². The average Bonchev–Trinajstić information content (AvgIpc) is 2.52. The van der Waals surface area contributed by atoms with Gasteiger partial charge in [-0.15, -0.1) is 0 Å². The van der Waals surface area contributed by atoms with Crippen LogP contribution >= 0.6 is 23.2 Å². The Labute approximate surface area is 140 Å². The normalized spacial score (nSPS) is 10.5. The molecule has 1 heterocycles. The second-order valence-corrected chi connectivity index (χ2v) is 5.91. The molecule has 0 aliphatic heterocycles. The van der Waals surface area contributed by atoms with Crippen LogP contribution in [-0.4, -0.2) is 10.9 Å². The van der Waals surface area contributed by atoms with Gasteiger partial charge in [-0.2, -0.15) is 0 Å². The van der Waals surface area contributed by atoms with Crippen molar-refractivity contribution in [2.45, 2.75) is 32.6 Å². The summed E-state index contributed by atoms with van der Waals surface area (Å²) in [4.78, 5) is 16.4. The Morgan fingerprint density at radius 1 is 1.14 bits per heavy atom. The molecule has 0 unspecified atom stereocenters. The van der Waals surface area contributed by atoms with E-state index in [4.69, 9.17) is 23.2 Å². The van der Waals surface area contributed by atoms with Gasteiger partial charge in [-0.05, 0) is 42.7 Å². The Hall–Kier alpha value is -1.58. The van der Waals surface area contributed by atoms with Crippen LogP contribution in [0.15, 0.2) is 36.5 Å². The van der Waals surface area contributed by atoms with E-state index in [1.807, 2.05) is 6.07 Å². The number of anilines is 1. The number of amides is 1. The summed E-state index contributed by atoms with van der Waals surface area (Å²) in [5.74, 6) is -0.265. The molecule has 116 valence electrons. The van der Waals surface area contributed by atoms with E-state index in [1.165, 1.54) is 12.8 Å². The summed E-state index contributed by atoms with van der Waals surface area (Å²) in [6.45, 7) is 2.18. The van der Waals surface area contributed by atoms with E-state index >= 15 is 0 Å². The number of rotatable bonds is 6. The lowest BCUT2D eigenvalue weighted by Gasteiger charge is -2.06. The smallest absolute Gasteiger partial charge is 0.274 e. The van der Waals surface area contributed by atoms with Crippen molar-refractivity contribution in [2.75, 3.05) is 5.32 Å². The fraction of sp³-hybridized carbons (Fsp3) is 0.294. The molecule has 0 saturated carbocycles. The van der Waals surface area contributed by atoms with Crippen molar-refractivity contribution in [3.05, 3.63) is 57.8 Å². The number of carbonyl (C=O) groups excluding carboxylic acids is 1. The van der Waals surface area contributed by atoms with Crippen molar-refractivity contribution in [2.24, 2.45) is 0 Å². The molecule has 2 aromatic rings. The lowest BCUT2D eigenvalue weighted by molar-refractivity contribution is 0.102. The minimum atomic E-state index is -0.265. The van der Waals surface area contributed by atoms with Crippen molar-refractivity contribution in [3.63, 3.8) is 0 Å². The van der Waals surface area contributed by atoms with E-state index in [0.29, 0.717) is 21.4 Å². The van der Waals surface area contributed by atoms with Gasteiger partial charge in [0, 0.05) is 11.9 Å². The Bertz CT molecular complexity index is 642. The van der Waals surface area contributed by atoms with Crippen LogP contribution in [0.25, 0.3) is 0 Å². The molecule has 1 aromatic heterocycles. The van der Waals surface area contributed by atoms with E-state index in [-0.39, 0.29) is 5.91 Å². The maximum absolute atomic E-state index is 12.1. The number of hydrogen-bond donors (Lipinski definition) is 1. The number of hydrogen-bond acceptors (Lipinski definition) is 2. The van der Waals surface area contributed by atoms with E-state index in [1.54, 1.807) is 30.5 Å². The summed E-state index contributed by atoms with van der Waals surface area (Å²) in [7, 11) is 0. The van der Waals surface area contributed by atoms with Crippen molar-refractivity contribution in [3.8, 4) is 0 Å². The number of aryl methyl sites for hydroxylation is 1. The quantitative estimate of drug-likeness (QED) is 0.720. The number of carbonyl (C=O) groups is 1. The van der Waals surface area contributed by atoms with Crippen LogP contribution in [0.1, 0.15) is 42.2 Å². The summed E-state index contributed by atoms with van der Waals surface area (Å²) in [6.07, 6.45) is 6.30. The molecule has 5 heteroatoms. The zero-order valence-electron chi connectivity index (χ0n) is 12.4. The van der Waals surface area contributed by atoms with E-state index < -0.39 is 0 Å². The number of unbranched alkanes of at least 4 members (excludes halogenated alkanes) is 2. The standard InChI is InChI=1S/C17H18Cl2N2O/c1-2-3-4-5-12-6-9-16(20-11-12)17(22)21-13-7-8-14(18)15(19)10-13/h6-11H,2-5H2,1H3,(H,21,22). The summed E-state index contributed by atoms with van der Waals surface area (Å²) >= 11 is 11.8. The molecular formula is C17H18Cl2N2O. The highest BCUT2D eigenvalue weighted by atomic mass is 35.5.